The second-order valence-corrected chi connectivity index (χ2v) is 18.2. The minimum absolute atomic E-state index is 0.528. The topological polar surface area (TPSA) is 45.9 Å². The first kappa shape index (κ1) is 37.1. The number of benzene rings is 9. The van der Waals surface area contributed by atoms with Gasteiger partial charge in [0.1, 0.15) is 22.5 Å². The van der Waals surface area contributed by atoms with Crippen LogP contribution in [0.2, 0.25) is 0 Å². The third-order valence-electron chi connectivity index (χ3n) is 13.3. The largest absolute Gasteiger partial charge is 0.460 e. The van der Waals surface area contributed by atoms with Gasteiger partial charge in [0.15, 0.2) is 0 Å². The lowest BCUT2D eigenvalue weighted by molar-refractivity contribution is 0.524. The van der Waals surface area contributed by atoms with E-state index in [1.165, 1.54) is 42.1 Å². The molecular formula is C60H38N2O3S. The maximum atomic E-state index is 6.58. The fraction of sp³-hybridized carbons (Fsp3) is 0.0333. The van der Waals surface area contributed by atoms with E-state index >= 15 is 0 Å². The van der Waals surface area contributed by atoms with Gasteiger partial charge in [0, 0.05) is 88.5 Å². The molecule has 312 valence electrons. The molecule has 66 heavy (non-hydrogen) atoms. The van der Waals surface area contributed by atoms with Crippen LogP contribution in [-0.2, 0) is 6.42 Å². The van der Waals surface area contributed by atoms with Gasteiger partial charge in [-0.15, -0.1) is 11.3 Å². The fourth-order valence-corrected chi connectivity index (χ4v) is 11.4. The Morgan fingerprint density at radius 3 is 1.92 bits per heavy atom. The number of allylic oxidation sites excluding steroid dienone is 1. The molecule has 0 unspecified atom stereocenters. The average molecular weight is 867 g/mol. The maximum Gasteiger partial charge on any atom is 0.299 e. The van der Waals surface area contributed by atoms with Crippen molar-refractivity contribution in [1.29, 1.82) is 0 Å². The van der Waals surface area contributed by atoms with Crippen molar-refractivity contribution in [2.24, 2.45) is 0 Å². The van der Waals surface area contributed by atoms with Crippen molar-refractivity contribution in [3.05, 3.63) is 212 Å². The van der Waals surface area contributed by atoms with Gasteiger partial charge >= 0.3 is 0 Å². The van der Waals surface area contributed by atoms with Crippen molar-refractivity contribution in [3.63, 3.8) is 0 Å². The zero-order valence-corrected chi connectivity index (χ0v) is 36.4. The summed E-state index contributed by atoms with van der Waals surface area (Å²) in [5, 5.41) is 9.09. The van der Waals surface area contributed by atoms with Gasteiger partial charge in [0.05, 0.1) is 5.39 Å². The average Bonchev–Trinajstić information content (AvgIpc) is 4.13. The van der Waals surface area contributed by atoms with Crippen molar-refractivity contribution in [2.45, 2.75) is 12.8 Å². The number of nitrogens with zero attached hydrogens (tertiary/aromatic N) is 2. The van der Waals surface area contributed by atoms with Crippen molar-refractivity contribution in [2.75, 3.05) is 9.80 Å². The molecule has 4 heterocycles. The van der Waals surface area contributed by atoms with Crippen LogP contribution in [0.5, 0.6) is 0 Å². The second-order valence-electron chi connectivity index (χ2n) is 17.2. The van der Waals surface area contributed by atoms with Crippen LogP contribution in [0, 0.1) is 0 Å². The van der Waals surface area contributed by atoms with Crippen molar-refractivity contribution >= 4 is 127 Å². The summed E-state index contributed by atoms with van der Waals surface area (Å²) in [6, 6.07) is 69.5. The van der Waals surface area contributed by atoms with Gasteiger partial charge in [0.25, 0.3) is 5.78 Å². The number of fused-ring (bicyclic) bond motifs is 12. The molecule has 0 radical (unpaired) electrons. The number of rotatable bonds is 7. The van der Waals surface area contributed by atoms with Crippen molar-refractivity contribution < 1.29 is 13.3 Å². The number of aryl methyl sites for hydroxylation is 1. The van der Waals surface area contributed by atoms with E-state index in [0.29, 0.717) is 5.78 Å². The number of anilines is 6. The molecule has 0 saturated heterocycles. The summed E-state index contributed by atoms with van der Waals surface area (Å²) >= 11 is 1.85. The first-order valence-electron chi connectivity index (χ1n) is 22.4. The highest BCUT2D eigenvalue weighted by Crippen LogP contribution is 2.47. The molecule has 0 aliphatic heterocycles. The zero-order chi connectivity index (χ0) is 43.3. The molecule has 0 saturated carbocycles. The Bertz CT molecular complexity index is 4080. The molecule has 1 aliphatic rings. The number of para-hydroxylation sites is 2. The zero-order valence-electron chi connectivity index (χ0n) is 35.6. The Kier molecular flexibility index (Phi) is 8.21. The van der Waals surface area contributed by atoms with Gasteiger partial charge in [0.2, 0.25) is 0 Å². The third-order valence-corrected chi connectivity index (χ3v) is 14.5. The van der Waals surface area contributed by atoms with E-state index in [9.17, 15) is 0 Å². The number of furan rings is 3. The van der Waals surface area contributed by atoms with Crippen molar-refractivity contribution in [3.8, 4) is 11.1 Å². The molecule has 9 aromatic carbocycles. The number of hydrogen-bond donors (Lipinski definition) is 0. The first-order chi connectivity index (χ1) is 32.7. The smallest absolute Gasteiger partial charge is 0.299 e. The molecule has 5 nitrogen and oxygen atoms in total. The minimum Gasteiger partial charge on any atom is -0.460 e. The summed E-state index contributed by atoms with van der Waals surface area (Å²) < 4.78 is 21.8. The van der Waals surface area contributed by atoms with Crippen LogP contribution in [-0.4, -0.2) is 0 Å². The van der Waals surface area contributed by atoms with Gasteiger partial charge in [-0.25, -0.2) is 0 Å². The Labute approximate surface area is 383 Å². The predicted molar refractivity (Wildman–Crippen MR) is 276 cm³/mol. The summed E-state index contributed by atoms with van der Waals surface area (Å²) in [4.78, 5) is 4.64. The number of hydrogen-bond acceptors (Lipinski definition) is 6. The Morgan fingerprint density at radius 1 is 0.424 bits per heavy atom. The molecule has 0 spiro atoms. The standard InChI is InChI=1S/C60H38N2O3S/c1-3-14-40(15-4-1)61(42-24-22-37-12-7-8-13-38(37)32-42)44-27-31-57-51(35-44)48-20-11-19-46(59(48)66-57)39-23-29-55-52(33-39)58-49-28-25-45(36-56(49)65-60(58)64-55)62(41-16-5-2-6-17-41)43-26-30-54-50(34-43)47-18-9-10-21-53(47)63-54/h1-9,11-20,22-36H,10,21H2. The summed E-state index contributed by atoms with van der Waals surface area (Å²) in [5.41, 5.74) is 12.5. The Hall–Kier alpha value is -8.32. The molecule has 6 heteroatoms. The predicted octanol–water partition coefficient (Wildman–Crippen LogP) is 18.2. The molecule has 0 amide bonds. The Balaban J connectivity index is 0.864. The minimum atomic E-state index is 0.528. The van der Waals surface area contributed by atoms with E-state index in [2.05, 4.69) is 216 Å². The normalized spacial score (nSPS) is 12.7. The van der Waals surface area contributed by atoms with Gasteiger partial charge in [-0.1, -0.05) is 103 Å². The quantitative estimate of drug-likeness (QED) is 0.160. The van der Waals surface area contributed by atoms with E-state index in [4.69, 9.17) is 13.3 Å². The van der Waals surface area contributed by atoms with Crippen molar-refractivity contribution in [1.82, 2.24) is 0 Å². The van der Waals surface area contributed by atoms with Gasteiger partial charge in [-0.2, -0.15) is 0 Å². The maximum absolute atomic E-state index is 6.58. The van der Waals surface area contributed by atoms with Crippen LogP contribution >= 0.6 is 11.3 Å². The van der Waals surface area contributed by atoms with Gasteiger partial charge < -0.3 is 23.1 Å². The van der Waals surface area contributed by atoms with Crippen LogP contribution < -0.4 is 9.80 Å². The number of thiophene rings is 1. The van der Waals surface area contributed by atoms with E-state index in [1.807, 2.05) is 11.3 Å². The van der Waals surface area contributed by atoms with Crippen LogP contribution in [0.3, 0.4) is 0 Å². The highest BCUT2D eigenvalue weighted by Gasteiger charge is 2.23. The first-order valence-corrected chi connectivity index (χ1v) is 23.3. The van der Waals surface area contributed by atoms with Crippen LogP contribution in [0.4, 0.5) is 34.1 Å². The lowest BCUT2D eigenvalue weighted by Crippen LogP contribution is -2.09. The van der Waals surface area contributed by atoms with Crippen LogP contribution in [0.25, 0.3) is 92.2 Å². The van der Waals surface area contributed by atoms with E-state index < -0.39 is 0 Å². The van der Waals surface area contributed by atoms with Gasteiger partial charge in [-0.3, -0.25) is 0 Å². The third kappa shape index (κ3) is 5.85. The lowest BCUT2D eigenvalue weighted by Gasteiger charge is -2.26. The van der Waals surface area contributed by atoms with Crippen LogP contribution in [0.15, 0.2) is 213 Å². The molecule has 14 rings (SSSR count). The molecule has 0 atom stereocenters. The molecule has 0 bridgehead atoms. The summed E-state index contributed by atoms with van der Waals surface area (Å²) in [6.07, 6.45) is 6.37. The van der Waals surface area contributed by atoms with E-state index in [1.54, 1.807) is 0 Å². The molecule has 1 aliphatic carbocycles. The molecular weight excluding hydrogens is 829 g/mol. The molecule has 0 N–H and O–H groups in total. The molecule has 13 aromatic rings. The van der Waals surface area contributed by atoms with E-state index in [0.717, 1.165) is 96.6 Å². The molecule has 0 fully saturated rings. The fourth-order valence-electron chi connectivity index (χ4n) is 10.2. The summed E-state index contributed by atoms with van der Waals surface area (Å²) in [5.74, 6) is 1.59. The highest BCUT2D eigenvalue weighted by molar-refractivity contribution is 7.26. The van der Waals surface area contributed by atoms with E-state index in [-0.39, 0.29) is 0 Å². The lowest BCUT2D eigenvalue weighted by atomic mass is 10.00. The summed E-state index contributed by atoms with van der Waals surface area (Å²) in [7, 11) is 0. The van der Waals surface area contributed by atoms with Gasteiger partial charge in [-0.05, 0) is 125 Å². The molecule has 4 aromatic heterocycles. The summed E-state index contributed by atoms with van der Waals surface area (Å²) in [6.45, 7) is 0. The second kappa shape index (κ2) is 14.6. The highest BCUT2D eigenvalue weighted by atomic mass is 32.1. The monoisotopic (exact) mass is 866 g/mol. The van der Waals surface area contributed by atoms with Crippen LogP contribution in [0.1, 0.15) is 17.7 Å². The Morgan fingerprint density at radius 2 is 1.09 bits per heavy atom. The SMILES string of the molecule is C1=Cc2c(oc3ccc(N(c4ccccc4)c4ccc5c(c4)oc4oc6ccc(-c7cccc8c7sc7ccc(N(c9ccccc9)c9ccc%10ccccc%10c9)cc78)cc6c45)cc23)CC1.